The van der Waals surface area contributed by atoms with Gasteiger partial charge in [-0.05, 0) is 37.5 Å². The SMILES string of the molecule is CCOc1c(CC)cc(C)cc1C(=O)NC. The normalized spacial score (nSPS) is 10.0. The van der Waals surface area contributed by atoms with E-state index in [0.717, 1.165) is 23.3 Å². The number of amides is 1. The van der Waals surface area contributed by atoms with Crippen LogP contribution in [0.1, 0.15) is 35.3 Å². The largest absolute Gasteiger partial charge is 0.493 e. The summed E-state index contributed by atoms with van der Waals surface area (Å²) < 4.78 is 5.58. The van der Waals surface area contributed by atoms with Gasteiger partial charge in [-0.25, -0.2) is 0 Å². The second-order valence-electron chi connectivity index (χ2n) is 3.67. The maximum Gasteiger partial charge on any atom is 0.254 e. The van der Waals surface area contributed by atoms with E-state index >= 15 is 0 Å². The number of hydrogen-bond acceptors (Lipinski definition) is 2. The fourth-order valence-corrected chi connectivity index (χ4v) is 1.73. The number of hydrogen-bond donors (Lipinski definition) is 1. The summed E-state index contributed by atoms with van der Waals surface area (Å²) in [7, 11) is 1.63. The Bertz CT molecular complexity index is 386. The van der Waals surface area contributed by atoms with E-state index in [1.165, 1.54) is 0 Å². The molecule has 1 aromatic carbocycles. The van der Waals surface area contributed by atoms with Gasteiger partial charge >= 0.3 is 0 Å². The second kappa shape index (κ2) is 5.54. The number of aryl methyl sites for hydroxylation is 2. The van der Waals surface area contributed by atoms with E-state index in [9.17, 15) is 4.79 Å². The first-order valence-electron chi connectivity index (χ1n) is 5.62. The van der Waals surface area contributed by atoms with Crippen molar-refractivity contribution in [3.63, 3.8) is 0 Å². The topological polar surface area (TPSA) is 38.3 Å². The molecule has 1 aromatic rings. The minimum atomic E-state index is -0.0955. The van der Waals surface area contributed by atoms with E-state index < -0.39 is 0 Å². The molecule has 1 amide bonds. The highest BCUT2D eigenvalue weighted by molar-refractivity contribution is 5.97. The van der Waals surface area contributed by atoms with Crippen LogP contribution in [0.5, 0.6) is 5.75 Å². The van der Waals surface area contributed by atoms with Crippen LogP contribution in [-0.2, 0) is 6.42 Å². The summed E-state index contributed by atoms with van der Waals surface area (Å²) in [6, 6.07) is 3.93. The van der Waals surface area contributed by atoms with Crippen LogP contribution in [0.15, 0.2) is 12.1 Å². The average Bonchev–Trinajstić information content (AvgIpc) is 2.29. The van der Waals surface area contributed by atoms with Crippen molar-refractivity contribution in [3.8, 4) is 5.75 Å². The Morgan fingerprint density at radius 1 is 1.38 bits per heavy atom. The number of nitrogens with one attached hydrogen (secondary N) is 1. The number of ether oxygens (including phenoxy) is 1. The van der Waals surface area contributed by atoms with Gasteiger partial charge in [-0.3, -0.25) is 4.79 Å². The third-order valence-electron chi connectivity index (χ3n) is 2.45. The molecule has 0 radical (unpaired) electrons. The number of carbonyl (C=O) groups excluding carboxylic acids is 1. The first-order chi connectivity index (χ1) is 7.63. The molecule has 1 N–H and O–H groups in total. The van der Waals surface area contributed by atoms with Gasteiger partial charge in [0.05, 0.1) is 12.2 Å². The smallest absolute Gasteiger partial charge is 0.254 e. The third-order valence-corrected chi connectivity index (χ3v) is 2.45. The van der Waals surface area contributed by atoms with Crippen LogP contribution >= 0.6 is 0 Å². The average molecular weight is 221 g/mol. The molecule has 0 atom stereocenters. The molecule has 3 nitrogen and oxygen atoms in total. The lowest BCUT2D eigenvalue weighted by Gasteiger charge is -2.14. The van der Waals surface area contributed by atoms with Crippen LogP contribution in [0.2, 0.25) is 0 Å². The van der Waals surface area contributed by atoms with Crippen LogP contribution in [-0.4, -0.2) is 19.6 Å². The lowest BCUT2D eigenvalue weighted by atomic mass is 10.0. The van der Waals surface area contributed by atoms with Crippen LogP contribution in [0.3, 0.4) is 0 Å². The molecule has 0 aliphatic carbocycles. The van der Waals surface area contributed by atoms with Crippen molar-refractivity contribution in [2.24, 2.45) is 0 Å². The van der Waals surface area contributed by atoms with E-state index in [1.54, 1.807) is 7.05 Å². The Morgan fingerprint density at radius 3 is 2.56 bits per heavy atom. The molecule has 0 heterocycles. The highest BCUT2D eigenvalue weighted by Crippen LogP contribution is 2.26. The van der Waals surface area contributed by atoms with Crippen molar-refractivity contribution in [2.75, 3.05) is 13.7 Å². The number of benzene rings is 1. The van der Waals surface area contributed by atoms with Gasteiger partial charge in [-0.1, -0.05) is 13.0 Å². The monoisotopic (exact) mass is 221 g/mol. The molecule has 0 aliphatic rings. The predicted molar refractivity (Wildman–Crippen MR) is 65.1 cm³/mol. The van der Waals surface area contributed by atoms with E-state index in [-0.39, 0.29) is 5.91 Å². The minimum Gasteiger partial charge on any atom is -0.493 e. The van der Waals surface area contributed by atoms with E-state index in [1.807, 2.05) is 19.9 Å². The zero-order valence-electron chi connectivity index (χ0n) is 10.4. The van der Waals surface area contributed by atoms with Gasteiger partial charge in [0.1, 0.15) is 5.75 Å². The first-order valence-corrected chi connectivity index (χ1v) is 5.62. The highest BCUT2D eigenvalue weighted by atomic mass is 16.5. The first kappa shape index (κ1) is 12.6. The van der Waals surface area contributed by atoms with Crippen LogP contribution < -0.4 is 10.1 Å². The summed E-state index contributed by atoms with van der Waals surface area (Å²) in [4.78, 5) is 11.7. The molecule has 3 heteroatoms. The molecule has 1 rings (SSSR count). The molecule has 0 saturated heterocycles. The minimum absolute atomic E-state index is 0.0955. The molecule has 0 aromatic heterocycles. The Morgan fingerprint density at radius 2 is 2.06 bits per heavy atom. The summed E-state index contributed by atoms with van der Waals surface area (Å²) in [5.41, 5.74) is 2.79. The fourth-order valence-electron chi connectivity index (χ4n) is 1.73. The lowest BCUT2D eigenvalue weighted by Crippen LogP contribution is -2.19. The lowest BCUT2D eigenvalue weighted by molar-refractivity contribution is 0.0959. The Hall–Kier alpha value is -1.51. The summed E-state index contributed by atoms with van der Waals surface area (Å²) in [5.74, 6) is 0.622. The van der Waals surface area contributed by atoms with E-state index in [4.69, 9.17) is 4.74 Å². The van der Waals surface area contributed by atoms with Crippen LogP contribution in [0, 0.1) is 6.92 Å². The zero-order valence-corrected chi connectivity index (χ0v) is 10.4. The van der Waals surface area contributed by atoms with Gasteiger partial charge in [0.2, 0.25) is 0 Å². The van der Waals surface area contributed by atoms with Crippen LogP contribution in [0.25, 0.3) is 0 Å². The van der Waals surface area contributed by atoms with Gasteiger partial charge < -0.3 is 10.1 Å². The van der Waals surface area contributed by atoms with Crippen molar-refractivity contribution < 1.29 is 9.53 Å². The van der Waals surface area contributed by atoms with Gasteiger partial charge in [0.25, 0.3) is 5.91 Å². The van der Waals surface area contributed by atoms with Crippen molar-refractivity contribution in [2.45, 2.75) is 27.2 Å². The third kappa shape index (κ3) is 2.54. The summed E-state index contributed by atoms with van der Waals surface area (Å²) in [6.07, 6.45) is 0.862. The second-order valence-corrected chi connectivity index (χ2v) is 3.67. The molecule has 88 valence electrons. The van der Waals surface area contributed by atoms with Crippen molar-refractivity contribution in [3.05, 3.63) is 28.8 Å². The quantitative estimate of drug-likeness (QED) is 0.847. The molecular weight excluding hydrogens is 202 g/mol. The maximum absolute atomic E-state index is 11.7. The summed E-state index contributed by atoms with van der Waals surface area (Å²) in [5, 5.41) is 2.64. The summed E-state index contributed by atoms with van der Waals surface area (Å²) in [6.45, 7) is 6.54. The van der Waals surface area contributed by atoms with Gasteiger partial charge in [0.15, 0.2) is 0 Å². The van der Waals surface area contributed by atoms with Gasteiger partial charge in [-0.2, -0.15) is 0 Å². The maximum atomic E-state index is 11.7. The van der Waals surface area contributed by atoms with Gasteiger partial charge in [0, 0.05) is 7.05 Å². The molecular formula is C13H19NO2. The van der Waals surface area contributed by atoms with E-state index in [0.29, 0.717) is 12.2 Å². The Balaban J connectivity index is 3.31. The van der Waals surface area contributed by atoms with Crippen molar-refractivity contribution >= 4 is 5.91 Å². The van der Waals surface area contributed by atoms with Crippen LogP contribution in [0.4, 0.5) is 0 Å². The Kier molecular flexibility index (Phi) is 4.35. The molecule has 0 aliphatic heterocycles. The molecule has 0 spiro atoms. The summed E-state index contributed by atoms with van der Waals surface area (Å²) >= 11 is 0. The van der Waals surface area contributed by atoms with Gasteiger partial charge in [-0.15, -0.1) is 0 Å². The van der Waals surface area contributed by atoms with Crippen molar-refractivity contribution in [1.29, 1.82) is 0 Å². The fraction of sp³-hybridized carbons (Fsp3) is 0.462. The molecule has 0 saturated carbocycles. The highest BCUT2D eigenvalue weighted by Gasteiger charge is 2.15. The number of rotatable bonds is 4. The Labute approximate surface area is 96.8 Å². The predicted octanol–water partition coefficient (Wildman–Crippen LogP) is 2.32. The zero-order chi connectivity index (χ0) is 12.1. The molecule has 0 fully saturated rings. The number of carbonyl (C=O) groups is 1. The molecule has 0 bridgehead atoms. The van der Waals surface area contributed by atoms with Crippen molar-refractivity contribution in [1.82, 2.24) is 5.32 Å². The standard InChI is InChI=1S/C13H19NO2/c1-5-10-7-9(3)8-11(13(15)14-4)12(10)16-6-2/h7-8H,5-6H2,1-4H3,(H,14,15). The van der Waals surface area contributed by atoms with E-state index in [2.05, 4.69) is 18.3 Å². The molecule has 0 unspecified atom stereocenters. The molecule has 16 heavy (non-hydrogen) atoms.